The normalized spacial score (nSPS) is 10.7. The van der Waals surface area contributed by atoms with Gasteiger partial charge in [0, 0.05) is 12.0 Å². The molecule has 0 aliphatic carbocycles. The van der Waals surface area contributed by atoms with Crippen LogP contribution in [0.25, 0.3) is 0 Å². The lowest BCUT2D eigenvalue weighted by Gasteiger charge is -2.09. The summed E-state index contributed by atoms with van der Waals surface area (Å²) in [6, 6.07) is 7.33. The number of methoxy groups -OCH3 is 1. The third-order valence-electron chi connectivity index (χ3n) is 3.34. The summed E-state index contributed by atoms with van der Waals surface area (Å²) in [6.07, 6.45) is 0. The number of aryl methyl sites for hydroxylation is 1. The Morgan fingerprint density at radius 1 is 1.35 bits per heavy atom. The first kappa shape index (κ1) is 16.9. The molecule has 124 valence electrons. The van der Waals surface area contributed by atoms with E-state index in [2.05, 4.69) is 10.5 Å². The van der Waals surface area contributed by atoms with Crippen LogP contribution >= 0.6 is 0 Å². The fraction of sp³-hybridized carbons (Fsp3) is 0.412. The molecule has 0 unspecified atom stereocenters. The summed E-state index contributed by atoms with van der Waals surface area (Å²) in [6.45, 7) is 6.43. The van der Waals surface area contributed by atoms with Crippen molar-refractivity contribution in [1.29, 1.82) is 0 Å². The van der Waals surface area contributed by atoms with Gasteiger partial charge in [-0.1, -0.05) is 25.1 Å². The summed E-state index contributed by atoms with van der Waals surface area (Å²) >= 11 is 0. The predicted molar refractivity (Wildman–Crippen MR) is 86.2 cm³/mol. The second-order valence-electron chi connectivity index (χ2n) is 5.45. The van der Waals surface area contributed by atoms with E-state index in [0.29, 0.717) is 35.9 Å². The molecule has 0 radical (unpaired) electrons. The van der Waals surface area contributed by atoms with Crippen molar-refractivity contribution >= 4 is 5.91 Å². The number of carbonyl (C=O) groups is 1. The zero-order chi connectivity index (χ0) is 16.8. The van der Waals surface area contributed by atoms with E-state index in [1.54, 1.807) is 20.1 Å². The third-order valence-corrected chi connectivity index (χ3v) is 3.34. The maximum Gasteiger partial charge on any atom is 0.256 e. The smallest absolute Gasteiger partial charge is 0.256 e. The highest BCUT2D eigenvalue weighted by Gasteiger charge is 2.22. The predicted octanol–water partition coefficient (Wildman–Crippen LogP) is 2.92. The average Bonchev–Trinajstić information content (AvgIpc) is 2.93. The molecule has 1 heterocycles. The lowest BCUT2D eigenvalue weighted by atomic mass is 10.0. The molecule has 0 saturated heterocycles. The van der Waals surface area contributed by atoms with Crippen molar-refractivity contribution in [2.24, 2.45) is 0 Å². The Hall–Kier alpha value is -2.50. The molecule has 0 saturated carbocycles. The molecule has 6 nitrogen and oxygen atoms in total. The maximum atomic E-state index is 12.3. The Balaban J connectivity index is 1.87. The minimum Gasteiger partial charge on any atom is -0.497 e. The third kappa shape index (κ3) is 4.25. The zero-order valence-corrected chi connectivity index (χ0v) is 13.9. The SMILES string of the molecule is COc1cccc(OCCNC(=O)c2c(C)noc2C(C)C)c1. The lowest BCUT2D eigenvalue weighted by molar-refractivity contribution is 0.0944. The van der Waals surface area contributed by atoms with E-state index in [-0.39, 0.29) is 11.8 Å². The summed E-state index contributed by atoms with van der Waals surface area (Å²) in [5.74, 6) is 1.94. The van der Waals surface area contributed by atoms with E-state index in [0.717, 1.165) is 5.75 Å². The molecular weight excluding hydrogens is 296 g/mol. The molecule has 1 aromatic heterocycles. The van der Waals surface area contributed by atoms with Crippen LogP contribution in [0.3, 0.4) is 0 Å². The molecular formula is C17H22N2O4. The standard InChI is InChI=1S/C17H22N2O4/c1-11(2)16-15(12(3)19-23-16)17(20)18-8-9-22-14-7-5-6-13(10-14)21-4/h5-7,10-11H,8-9H2,1-4H3,(H,18,20). The number of carbonyl (C=O) groups excluding carboxylic acids is 1. The van der Waals surface area contributed by atoms with Crippen LogP contribution in [0.5, 0.6) is 11.5 Å². The molecule has 6 heteroatoms. The number of nitrogens with one attached hydrogen (secondary N) is 1. The number of rotatable bonds is 7. The van der Waals surface area contributed by atoms with Crippen molar-refractivity contribution in [2.45, 2.75) is 26.7 Å². The van der Waals surface area contributed by atoms with Crippen molar-refractivity contribution in [3.8, 4) is 11.5 Å². The van der Waals surface area contributed by atoms with Crippen LogP contribution in [-0.4, -0.2) is 31.3 Å². The number of nitrogens with zero attached hydrogens (tertiary/aromatic N) is 1. The topological polar surface area (TPSA) is 73.6 Å². The highest BCUT2D eigenvalue weighted by Crippen LogP contribution is 2.22. The van der Waals surface area contributed by atoms with E-state index in [1.807, 2.05) is 32.0 Å². The fourth-order valence-corrected chi connectivity index (χ4v) is 2.17. The molecule has 1 aromatic carbocycles. The molecule has 0 spiro atoms. The van der Waals surface area contributed by atoms with Gasteiger partial charge in [-0.15, -0.1) is 0 Å². The molecule has 0 aliphatic heterocycles. The lowest BCUT2D eigenvalue weighted by Crippen LogP contribution is -2.29. The van der Waals surface area contributed by atoms with Crippen LogP contribution in [0.2, 0.25) is 0 Å². The van der Waals surface area contributed by atoms with Crippen molar-refractivity contribution in [2.75, 3.05) is 20.3 Å². The van der Waals surface area contributed by atoms with Gasteiger partial charge in [-0.2, -0.15) is 0 Å². The molecule has 2 aromatic rings. The average molecular weight is 318 g/mol. The number of hydrogen-bond donors (Lipinski definition) is 1. The summed E-state index contributed by atoms with van der Waals surface area (Å²) in [7, 11) is 1.60. The minimum atomic E-state index is -0.193. The summed E-state index contributed by atoms with van der Waals surface area (Å²) in [5.41, 5.74) is 1.11. The Morgan fingerprint density at radius 3 is 2.78 bits per heavy atom. The van der Waals surface area contributed by atoms with Gasteiger partial charge in [-0.25, -0.2) is 0 Å². The van der Waals surface area contributed by atoms with E-state index in [1.165, 1.54) is 0 Å². The molecule has 23 heavy (non-hydrogen) atoms. The second-order valence-corrected chi connectivity index (χ2v) is 5.45. The van der Waals surface area contributed by atoms with Crippen molar-refractivity contribution in [3.63, 3.8) is 0 Å². The first-order chi connectivity index (χ1) is 11.0. The van der Waals surface area contributed by atoms with Gasteiger partial charge in [0.05, 0.1) is 19.3 Å². The first-order valence-electron chi connectivity index (χ1n) is 7.54. The number of benzene rings is 1. The van der Waals surface area contributed by atoms with Gasteiger partial charge in [0.2, 0.25) is 0 Å². The summed E-state index contributed by atoms with van der Waals surface area (Å²) < 4.78 is 15.9. The Kier molecular flexibility index (Phi) is 5.62. The van der Waals surface area contributed by atoms with Gasteiger partial charge in [0.15, 0.2) is 5.76 Å². The summed E-state index contributed by atoms with van der Waals surface area (Å²) in [4.78, 5) is 12.3. The minimum absolute atomic E-state index is 0.102. The van der Waals surface area contributed by atoms with Gasteiger partial charge < -0.3 is 19.3 Å². The van der Waals surface area contributed by atoms with Gasteiger partial charge in [0.1, 0.15) is 23.7 Å². The Bertz CT molecular complexity index is 664. The van der Waals surface area contributed by atoms with Gasteiger partial charge in [-0.3, -0.25) is 4.79 Å². The molecule has 0 aliphatic rings. The quantitative estimate of drug-likeness (QED) is 0.795. The van der Waals surface area contributed by atoms with E-state index < -0.39 is 0 Å². The van der Waals surface area contributed by atoms with Crippen LogP contribution in [0, 0.1) is 6.92 Å². The molecule has 1 amide bonds. The molecule has 0 fully saturated rings. The Labute approximate surface area is 135 Å². The van der Waals surface area contributed by atoms with E-state index >= 15 is 0 Å². The van der Waals surface area contributed by atoms with Gasteiger partial charge in [-0.05, 0) is 19.1 Å². The summed E-state index contributed by atoms with van der Waals surface area (Å²) in [5, 5.41) is 6.70. The number of hydrogen-bond acceptors (Lipinski definition) is 5. The highest BCUT2D eigenvalue weighted by atomic mass is 16.5. The fourth-order valence-electron chi connectivity index (χ4n) is 2.17. The highest BCUT2D eigenvalue weighted by molar-refractivity contribution is 5.96. The maximum absolute atomic E-state index is 12.3. The van der Waals surface area contributed by atoms with E-state index in [9.17, 15) is 4.79 Å². The van der Waals surface area contributed by atoms with Crippen molar-refractivity contribution in [3.05, 3.63) is 41.3 Å². The van der Waals surface area contributed by atoms with Crippen LogP contribution in [-0.2, 0) is 0 Å². The van der Waals surface area contributed by atoms with Gasteiger partial charge >= 0.3 is 0 Å². The zero-order valence-electron chi connectivity index (χ0n) is 13.9. The molecule has 2 rings (SSSR count). The van der Waals surface area contributed by atoms with Crippen LogP contribution in [0.15, 0.2) is 28.8 Å². The van der Waals surface area contributed by atoms with Crippen LogP contribution in [0.4, 0.5) is 0 Å². The van der Waals surface area contributed by atoms with Crippen molar-refractivity contribution < 1.29 is 18.8 Å². The van der Waals surface area contributed by atoms with Crippen LogP contribution in [0.1, 0.15) is 41.6 Å². The van der Waals surface area contributed by atoms with E-state index in [4.69, 9.17) is 14.0 Å². The van der Waals surface area contributed by atoms with Crippen molar-refractivity contribution in [1.82, 2.24) is 10.5 Å². The molecule has 1 N–H and O–H groups in total. The number of amides is 1. The van der Waals surface area contributed by atoms with Crippen LogP contribution < -0.4 is 14.8 Å². The first-order valence-corrected chi connectivity index (χ1v) is 7.54. The second kappa shape index (κ2) is 7.67. The van der Waals surface area contributed by atoms with Gasteiger partial charge in [0.25, 0.3) is 5.91 Å². The molecule has 0 bridgehead atoms. The molecule has 0 atom stereocenters. The Morgan fingerprint density at radius 2 is 2.09 bits per heavy atom. The largest absolute Gasteiger partial charge is 0.497 e. The monoisotopic (exact) mass is 318 g/mol. The number of aromatic nitrogens is 1. The number of ether oxygens (including phenoxy) is 2.